The minimum Gasteiger partial charge on any atom is -0.466 e. The Labute approximate surface area is 78.8 Å². The molecule has 13 heavy (non-hydrogen) atoms. The molecule has 2 rings (SSSR count). The van der Waals surface area contributed by atoms with Gasteiger partial charge in [-0.1, -0.05) is 0 Å². The summed E-state index contributed by atoms with van der Waals surface area (Å²) in [5.41, 5.74) is 0.143. The van der Waals surface area contributed by atoms with E-state index in [2.05, 4.69) is 5.32 Å². The van der Waals surface area contributed by atoms with Crippen molar-refractivity contribution in [3.05, 3.63) is 0 Å². The Bertz CT molecular complexity index is 211. The van der Waals surface area contributed by atoms with Gasteiger partial charge >= 0.3 is 5.97 Å². The number of ether oxygens (including phenoxy) is 1. The maximum absolute atomic E-state index is 11.6. The monoisotopic (exact) mass is 183 g/mol. The van der Waals surface area contributed by atoms with Crippen LogP contribution in [0.25, 0.3) is 0 Å². The van der Waals surface area contributed by atoms with Crippen molar-refractivity contribution < 1.29 is 9.53 Å². The molecular weight excluding hydrogens is 166 g/mol. The second-order valence-corrected chi connectivity index (χ2v) is 4.03. The van der Waals surface area contributed by atoms with E-state index in [1.165, 1.54) is 0 Å². The molecule has 2 aliphatic rings. The Balaban J connectivity index is 1.99. The molecule has 0 bridgehead atoms. The van der Waals surface area contributed by atoms with Crippen LogP contribution in [-0.4, -0.2) is 24.7 Å². The number of carbonyl (C=O) groups is 1. The molecule has 0 aromatic rings. The van der Waals surface area contributed by atoms with Crippen LogP contribution in [0.3, 0.4) is 0 Å². The van der Waals surface area contributed by atoms with Crippen LogP contribution in [0, 0.1) is 5.92 Å². The number of hydrogen-bond donors (Lipinski definition) is 1. The fourth-order valence-electron chi connectivity index (χ4n) is 2.29. The SMILES string of the molecule is CCOC(=O)C1CCCNC12CC2. The van der Waals surface area contributed by atoms with Crippen LogP contribution < -0.4 is 5.32 Å². The first-order valence-electron chi connectivity index (χ1n) is 5.20. The first kappa shape index (κ1) is 9.00. The fourth-order valence-corrected chi connectivity index (χ4v) is 2.29. The lowest BCUT2D eigenvalue weighted by atomic mass is 9.88. The number of carbonyl (C=O) groups excluding carboxylic acids is 1. The van der Waals surface area contributed by atoms with Crippen molar-refractivity contribution in [1.29, 1.82) is 0 Å². The Kier molecular flexibility index (Phi) is 2.28. The predicted octanol–water partition coefficient (Wildman–Crippen LogP) is 1.08. The summed E-state index contributed by atoms with van der Waals surface area (Å²) in [4.78, 5) is 11.6. The molecule has 0 amide bonds. The van der Waals surface area contributed by atoms with E-state index in [4.69, 9.17) is 4.74 Å². The van der Waals surface area contributed by atoms with Crippen molar-refractivity contribution in [2.75, 3.05) is 13.2 Å². The summed E-state index contributed by atoms with van der Waals surface area (Å²) in [6.45, 7) is 3.44. The van der Waals surface area contributed by atoms with Crippen LogP contribution in [0.5, 0.6) is 0 Å². The average molecular weight is 183 g/mol. The molecule has 0 aromatic heterocycles. The van der Waals surface area contributed by atoms with Gasteiger partial charge in [-0.05, 0) is 39.2 Å². The largest absolute Gasteiger partial charge is 0.466 e. The van der Waals surface area contributed by atoms with Gasteiger partial charge in [0.1, 0.15) is 0 Å². The van der Waals surface area contributed by atoms with Gasteiger partial charge in [-0.15, -0.1) is 0 Å². The van der Waals surface area contributed by atoms with E-state index in [0.29, 0.717) is 6.61 Å². The van der Waals surface area contributed by atoms with Gasteiger partial charge in [0, 0.05) is 5.54 Å². The number of rotatable bonds is 2. The molecule has 2 fully saturated rings. The van der Waals surface area contributed by atoms with E-state index < -0.39 is 0 Å². The van der Waals surface area contributed by atoms with Gasteiger partial charge in [0.05, 0.1) is 12.5 Å². The van der Waals surface area contributed by atoms with Gasteiger partial charge in [-0.25, -0.2) is 0 Å². The van der Waals surface area contributed by atoms with Crippen LogP contribution in [0.4, 0.5) is 0 Å². The normalized spacial score (nSPS) is 30.1. The van der Waals surface area contributed by atoms with E-state index in [0.717, 1.165) is 32.2 Å². The third-order valence-corrected chi connectivity index (χ3v) is 3.17. The van der Waals surface area contributed by atoms with E-state index >= 15 is 0 Å². The van der Waals surface area contributed by atoms with E-state index in [1.54, 1.807) is 0 Å². The first-order valence-corrected chi connectivity index (χ1v) is 5.20. The quantitative estimate of drug-likeness (QED) is 0.651. The Morgan fingerprint density at radius 3 is 3.00 bits per heavy atom. The van der Waals surface area contributed by atoms with Crippen molar-refractivity contribution in [1.82, 2.24) is 5.32 Å². The Morgan fingerprint density at radius 1 is 1.62 bits per heavy atom. The Morgan fingerprint density at radius 2 is 2.38 bits per heavy atom. The topological polar surface area (TPSA) is 38.3 Å². The lowest BCUT2D eigenvalue weighted by molar-refractivity contribution is -0.150. The number of piperidine rings is 1. The molecule has 1 aliphatic heterocycles. The summed E-state index contributed by atoms with van der Waals surface area (Å²) in [5, 5.41) is 3.46. The molecular formula is C10H17NO2. The third-order valence-electron chi connectivity index (χ3n) is 3.17. The molecule has 0 radical (unpaired) electrons. The zero-order chi connectivity index (χ0) is 9.31. The van der Waals surface area contributed by atoms with E-state index in [-0.39, 0.29) is 17.4 Å². The summed E-state index contributed by atoms with van der Waals surface area (Å²) >= 11 is 0. The highest BCUT2D eigenvalue weighted by molar-refractivity contribution is 5.75. The molecule has 1 unspecified atom stereocenters. The second kappa shape index (κ2) is 3.29. The van der Waals surface area contributed by atoms with E-state index in [1.807, 2.05) is 6.92 Å². The molecule has 1 heterocycles. The van der Waals surface area contributed by atoms with Gasteiger partial charge in [0.2, 0.25) is 0 Å². The molecule has 1 saturated carbocycles. The van der Waals surface area contributed by atoms with Crippen molar-refractivity contribution in [2.45, 2.75) is 38.1 Å². The van der Waals surface area contributed by atoms with Gasteiger partial charge < -0.3 is 10.1 Å². The maximum atomic E-state index is 11.6. The molecule has 1 atom stereocenters. The minimum atomic E-state index is 0.00667. The summed E-state index contributed by atoms with van der Waals surface area (Å²) in [6, 6.07) is 0. The average Bonchev–Trinajstić information content (AvgIpc) is 2.87. The highest BCUT2D eigenvalue weighted by atomic mass is 16.5. The smallest absolute Gasteiger partial charge is 0.310 e. The van der Waals surface area contributed by atoms with E-state index in [9.17, 15) is 4.79 Å². The van der Waals surface area contributed by atoms with Crippen LogP contribution in [0.15, 0.2) is 0 Å². The number of nitrogens with one attached hydrogen (secondary N) is 1. The predicted molar refractivity (Wildman–Crippen MR) is 49.3 cm³/mol. The lowest BCUT2D eigenvalue weighted by Crippen LogP contribution is -2.47. The minimum absolute atomic E-state index is 0.00667. The number of hydrogen-bond acceptors (Lipinski definition) is 3. The molecule has 1 N–H and O–H groups in total. The zero-order valence-corrected chi connectivity index (χ0v) is 8.14. The van der Waals surface area contributed by atoms with Crippen LogP contribution in [-0.2, 0) is 9.53 Å². The number of esters is 1. The van der Waals surface area contributed by atoms with Gasteiger partial charge in [0.25, 0.3) is 0 Å². The summed E-state index contributed by atoms with van der Waals surface area (Å²) in [5.74, 6) is 0.133. The van der Waals surface area contributed by atoms with Crippen LogP contribution >= 0.6 is 0 Å². The highest BCUT2D eigenvalue weighted by Crippen LogP contribution is 2.46. The second-order valence-electron chi connectivity index (χ2n) is 4.03. The standard InChI is InChI=1S/C10H17NO2/c1-2-13-9(12)8-4-3-7-11-10(8)5-6-10/h8,11H,2-7H2,1H3. The van der Waals surface area contributed by atoms with Gasteiger partial charge in [-0.3, -0.25) is 4.79 Å². The molecule has 1 saturated heterocycles. The molecule has 1 aliphatic carbocycles. The molecule has 1 spiro atoms. The third kappa shape index (κ3) is 1.57. The first-order chi connectivity index (χ1) is 6.28. The molecule has 3 nitrogen and oxygen atoms in total. The summed E-state index contributed by atoms with van der Waals surface area (Å²) < 4.78 is 5.08. The van der Waals surface area contributed by atoms with Crippen molar-refractivity contribution in [2.24, 2.45) is 5.92 Å². The van der Waals surface area contributed by atoms with Crippen LogP contribution in [0.1, 0.15) is 32.6 Å². The maximum Gasteiger partial charge on any atom is 0.310 e. The molecule has 3 heteroatoms. The zero-order valence-electron chi connectivity index (χ0n) is 8.14. The molecule has 0 aromatic carbocycles. The van der Waals surface area contributed by atoms with Gasteiger partial charge in [-0.2, -0.15) is 0 Å². The summed E-state index contributed by atoms with van der Waals surface area (Å²) in [7, 11) is 0. The van der Waals surface area contributed by atoms with Crippen molar-refractivity contribution >= 4 is 5.97 Å². The Hall–Kier alpha value is -0.570. The highest BCUT2D eigenvalue weighted by Gasteiger charge is 2.53. The summed E-state index contributed by atoms with van der Waals surface area (Å²) in [6.07, 6.45) is 4.41. The van der Waals surface area contributed by atoms with Gasteiger partial charge in [0.15, 0.2) is 0 Å². The van der Waals surface area contributed by atoms with Crippen LogP contribution in [0.2, 0.25) is 0 Å². The lowest BCUT2D eigenvalue weighted by Gasteiger charge is -2.31. The molecule has 74 valence electrons. The fraction of sp³-hybridized carbons (Fsp3) is 0.900. The van der Waals surface area contributed by atoms with Crippen molar-refractivity contribution in [3.8, 4) is 0 Å². The van der Waals surface area contributed by atoms with Crippen molar-refractivity contribution in [3.63, 3.8) is 0 Å².